The van der Waals surface area contributed by atoms with Gasteiger partial charge in [0.1, 0.15) is 12.7 Å². The molecule has 2 fully saturated rings. The van der Waals surface area contributed by atoms with Gasteiger partial charge in [-0.25, -0.2) is 0 Å². The van der Waals surface area contributed by atoms with Gasteiger partial charge in [0.05, 0.1) is 12.6 Å². The number of aliphatic carboxylic acids is 1. The zero-order valence-corrected chi connectivity index (χ0v) is 21.0. The fraction of sp³-hybridized carbons (Fsp3) is 0.360. The molecule has 5 rings (SSSR count). The molecule has 8 nitrogen and oxygen atoms in total. The average molecular weight is 520 g/mol. The number of rotatable bonds is 4. The number of carbonyl (C=O) groups excluding carboxylic acids is 1. The van der Waals surface area contributed by atoms with Crippen LogP contribution in [0.25, 0.3) is 0 Å². The second kappa shape index (κ2) is 12.7. The number of benzene rings is 2. The molecular formula is C25H27Cl2N3O5. The van der Waals surface area contributed by atoms with Crippen LogP contribution in [-0.4, -0.2) is 38.7 Å². The van der Waals surface area contributed by atoms with Gasteiger partial charge in [-0.05, 0) is 35.4 Å². The first kappa shape index (κ1) is 26.7. The Morgan fingerprint density at radius 2 is 1.71 bits per heavy atom. The Morgan fingerprint density at radius 3 is 2.26 bits per heavy atom. The number of carbonyl (C=O) groups is 2. The molecule has 1 amide bonds. The van der Waals surface area contributed by atoms with Crippen LogP contribution < -0.4 is 0 Å². The van der Waals surface area contributed by atoms with E-state index in [1.807, 2.05) is 30.3 Å². The van der Waals surface area contributed by atoms with E-state index in [9.17, 15) is 4.79 Å². The molecule has 0 radical (unpaired) electrons. The van der Waals surface area contributed by atoms with E-state index in [0.29, 0.717) is 21.8 Å². The van der Waals surface area contributed by atoms with Gasteiger partial charge >= 0.3 is 0 Å². The van der Waals surface area contributed by atoms with Crippen LogP contribution in [0.1, 0.15) is 61.2 Å². The van der Waals surface area contributed by atoms with Crippen LogP contribution in [-0.2, 0) is 20.9 Å². The topological polar surface area (TPSA) is 106 Å². The van der Waals surface area contributed by atoms with E-state index in [1.54, 1.807) is 30.0 Å². The molecule has 2 aliphatic rings. The molecule has 1 N–H and O–H groups in total. The standard InChI is InChI=1S/C20H17Cl2N3O3.C3H6.C2H4O2/c1-12-23-24-17(28-12)10-25-18(26)11-27-20(14-3-2-4-16(22)9-14)19(25)13-5-7-15(21)8-6-13;1-2-3-1;1-2(3)4/h2-9,19-20H,10-11H2,1H3;1-3H2;1H3,(H,3,4). The van der Waals surface area contributed by atoms with E-state index in [4.69, 9.17) is 42.3 Å². The third kappa shape index (κ3) is 8.35. The van der Waals surface area contributed by atoms with Crippen LogP contribution in [0.3, 0.4) is 0 Å². The number of ether oxygens (including phenoxy) is 1. The molecule has 3 aromatic rings. The van der Waals surface area contributed by atoms with Crippen LogP contribution in [0.15, 0.2) is 52.9 Å². The Hall–Kier alpha value is -2.94. The van der Waals surface area contributed by atoms with Crippen LogP contribution in [0.4, 0.5) is 0 Å². The van der Waals surface area contributed by atoms with Crippen molar-refractivity contribution >= 4 is 35.1 Å². The number of amides is 1. The summed E-state index contributed by atoms with van der Waals surface area (Å²) in [5.74, 6) is -0.171. The first-order chi connectivity index (χ1) is 16.7. The highest BCUT2D eigenvalue weighted by Crippen LogP contribution is 2.41. The van der Waals surface area contributed by atoms with Gasteiger partial charge in [0, 0.05) is 23.9 Å². The molecule has 2 unspecified atom stereocenters. The summed E-state index contributed by atoms with van der Waals surface area (Å²) >= 11 is 12.2. The number of carboxylic acid groups (broad SMARTS) is 1. The molecule has 10 heteroatoms. The highest BCUT2D eigenvalue weighted by atomic mass is 35.5. The second-order valence-corrected chi connectivity index (χ2v) is 8.97. The van der Waals surface area contributed by atoms with Crippen molar-refractivity contribution in [1.82, 2.24) is 15.1 Å². The number of hydrogen-bond acceptors (Lipinski definition) is 6. The van der Waals surface area contributed by atoms with Crippen LogP contribution in [0.2, 0.25) is 10.0 Å². The number of nitrogens with zero attached hydrogens (tertiary/aromatic N) is 3. The lowest BCUT2D eigenvalue weighted by Gasteiger charge is -2.41. The molecule has 1 aromatic heterocycles. The van der Waals surface area contributed by atoms with Gasteiger partial charge in [-0.3, -0.25) is 9.59 Å². The van der Waals surface area contributed by atoms with Crippen molar-refractivity contribution in [2.75, 3.05) is 6.61 Å². The molecule has 1 saturated carbocycles. The minimum atomic E-state index is -0.833. The van der Waals surface area contributed by atoms with E-state index in [1.165, 1.54) is 19.3 Å². The Balaban J connectivity index is 0.000000427. The molecule has 1 aliphatic carbocycles. The number of hydrogen-bond donors (Lipinski definition) is 1. The van der Waals surface area contributed by atoms with Crippen LogP contribution >= 0.6 is 23.2 Å². The third-order valence-electron chi connectivity index (χ3n) is 4.95. The smallest absolute Gasteiger partial charge is 0.300 e. The van der Waals surface area contributed by atoms with Gasteiger partial charge in [-0.1, -0.05) is 66.7 Å². The monoisotopic (exact) mass is 519 g/mol. The lowest BCUT2D eigenvalue weighted by atomic mass is 9.92. The summed E-state index contributed by atoms with van der Waals surface area (Å²) < 4.78 is 11.5. The summed E-state index contributed by atoms with van der Waals surface area (Å²) in [6.45, 7) is 2.94. The highest BCUT2D eigenvalue weighted by molar-refractivity contribution is 6.30. The van der Waals surface area contributed by atoms with E-state index in [-0.39, 0.29) is 19.1 Å². The SMILES string of the molecule is C1CC1.CC(=O)O.Cc1nnc(CN2C(=O)COC(c3cccc(Cl)c3)C2c2ccc(Cl)cc2)o1. The van der Waals surface area contributed by atoms with Gasteiger partial charge in [0.15, 0.2) is 0 Å². The maximum Gasteiger partial charge on any atom is 0.300 e. The summed E-state index contributed by atoms with van der Waals surface area (Å²) in [6, 6.07) is 14.4. The van der Waals surface area contributed by atoms with E-state index in [2.05, 4.69) is 10.2 Å². The van der Waals surface area contributed by atoms with Crippen molar-refractivity contribution in [2.24, 2.45) is 0 Å². The Bertz CT molecular complexity index is 1130. The summed E-state index contributed by atoms with van der Waals surface area (Å²) in [7, 11) is 0. The molecule has 0 bridgehead atoms. The Labute approximate surface area is 213 Å². The first-order valence-electron chi connectivity index (χ1n) is 11.1. The van der Waals surface area contributed by atoms with E-state index >= 15 is 0 Å². The van der Waals surface area contributed by atoms with Crippen molar-refractivity contribution in [2.45, 2.75) is 51.8 Å². The van der Waals surface area contributed by atoms with E-state index < -0.39 is 18.1 Å². The number of halogens is 2. The number of morpholine rings is 1. The Morgan fingerprint density at radius 1 is 1.06 bits per heavy atom. The minimum absolute atomic E-state index is 0.0472. The first-order valence-corrected chi connectivity index (χ1v) is 11.9. The lowest BCUT2D eigenvalue weighted by Crippen LogP contribution is -2.45. The fourth-order valence-electron chi connectivity index (χ4n) is 3.36. The van der Waals surface area contributed by atoms with Crippen molar-refractivity contribution in [3.8, 4) is 0 Å². The molecule has 1 aliphatic heterocycles. The largest absolute Gasteiger partial charge is 0.481 e. The summed E-state index contributed by atoms with van der Waals surface area (Å²) in [5, 5.41) is 16.5. The van der Waals surface area contributed by atoms with Crippen molar-refractivity contribution in [1.29, 1.82) is 0 Å². The summed E-state index contributed by atoms with van der Waals surface area (Å²) in [6.07, 6.45) is 4.10. The predicted octanol–water partition coefficient (Wildman–Crippen LogP) is 5.79. The molecule has 35 heavy (non-hydrogen) atoms. The molecular weight excluding hydrogens is 493 g/mol. The van der Waals surface area contributed by atoms with Crippen molar-refractivity contribution in [3.05, 3.63) is 81.5 Å². The van der Waals surface area contributed by atoms with Gasteiger partial charge in [0.2, 0.25) is 17.7 Å². The van der Waals surface area contributed by atoms with Crippen molar-refractivity contribution in [3.63, 3.8) is 0 Å². The van der Waals surface area contributed by atoms with Gasteiger partial charge in [0.25, 0.3) is 5.97 Å². The quantitative estimate of drug-likeness (QED) is 0.464. The summed E-state index contributed by atoms with van der Waals surface area (Å²) in [4.78, 5) is 23.5. The average Bonchev–Trinajstić information content (AvgIpc) is 3.64. The van der Waals surface area contributed by atoms with Crippen LogP contribution in [0.5, 0.6) is 0 Å². The minimum Gasteiger partial charge on any atom is -0.481 e. The zero-order valence-electron chi connectivity index (χ0n) is 19.5. The van der Waals surface area contributed by atoms with Gasteiger partial charge < -0.3 is 19.2 Å². The molecule has 186 valence electrons. The normalized spacial score (nSPS) is 18.6. The second-order valence-electron chi connectivity index (χ2n) is 8.10. The fourth-order valence-corrected chi connectivity index (χ4v) is 3.69. The molecule has 2 atom stereocenters. The zero-order chi connectivity index (χ0) is 25.4. The number of aromatic nitrogens is 2. The third-order valence-corrected chi connectivity index (χ3v) is 5.43. The predicted molar refractivity (Wildman–Crippen MR) is 131 cm³/mol. The maximum atomic E-state index is 12.8. The molecule has 2 aromatic carbocycles. The van der Waals surface area contributed by atoms with E-state index in [0.717, 1.165) is 18.1 Å². The number of carboxylic acids is 1. The highest BCUT2D eigenvalue weighted by Gasteiger charge is 2.39. The number of aryl methyl sites for hydroxylation is 1. The van der Waals surface area contributed by atoms with Gasteiger partial charge in [-0.2, -0.15) is 0 Å². The molecule has 2 heterocycles. The van der Waals surface area contributed by atoms with Crippen molar-refractivity contribution < 1.29 is 23.8 Å². The summed E-state index contributed by atoms with van der Waals surface area (Å²) in [5.41, 5.74) is 1.77. The van der Waals surface area contributed by atoms with Gasteiger partial charge in [-0.15, -0.1) is 10.2 Å². The molecule has 0 spiro atoms. The Kier molecular flexibility index (Phi) is 9.65. The van der Waals surface area contributed by atoms with Crippen LogP contribution in [0, 0.1) is 6.92 Å². The lowest BCUT2D eigenvalue weighted by molar-refractivity contribution is -0.160. The molecule has 1 saturated heterocycles. The maximum absolute atomic E-state index is 12.8.